The topological polar surface area (TPSA) is 26.3 Å². The molecule has 0 N–H and O–H groups in total. The number of rotatable bonds is 5. The van der Waals surface area contributed by atoms with Crippen LogP contribution in [-0.4, -0.2) is 12.4 Å². The minimum Gasteiger partial charge on any atom is -0.494 e. The van der Waals surface area contributed by atoms with Crippen LogP contribution in [0.15, 0.2) is 24.3 Å². The third-order valence-corrected chi connectivity index (χ3v) is 2.65. The second-order valence-electron chi connectivity index (χ2n) is 3.99. The van der Waals surface area contributed by atoms with Gasteiger partial charge in [-0.1, -0.05) is 12.1 Å². The van der Waals surface area contributed by atoms with Crippen molar-refractivity contribution in [3.63, 3.8) is 0 Å². The van der Waals surface area contributed by atoms with E-state index in [1.807, 2.05) is 31.2 Å². The van der Waals surface area contributed by atoms with Crippen LogP contribution in [0, 0.1) is 5.92 Å². The van der Waals surface area contributed by atoms with Gasteiger partial charge >= 0.3 is 0 Å². The number of Topliss-reactive ketones (excluding diaryl/α,β-unsaturated/α-hetero) is 1. The Balaban J connectivity index is 1.94. The SMILES string of the molecule is CCOc1ccc(CC(=O)C2CC2)cc1. The second-order valence-corrected chi connectivity index (χ2v) is 3.99. The highest BCUT2D eigenvalue weighted by Gasteiger charge is 2.28. The molecule has 15 heavy (non-hydrogen) atoms. The first-order valence-corrected chi connectivity index (χ1v) is 5.54. The highest BCUT2D eigenvalue weighted by Crippen LogP contribution is 2.31. The summed E-state index contributed by atoms with van der Waals surface area (Å²) in [6, 6.07) is 7.81. The zero-order valence-electron chi connectivity index (χ0n) is 9.03. The van der Waals surface area contributed by atoms with Gasteiger partial charge in [-0.3, -0.25) is 4.79 Å². The van der Waals surface area contributed by atoms with Gasteiger partial charge < -0.3 is 4.74 Å². The van der Waals surface area contributed by atoms with Crippen LogP contribution < -0.4 is 4.74 Å². The Bertz CT molecular complexity index is 336. The number of ether oxygens (including phenoxy) is 1. The van der Waals surface area contributed by atoms with Crippen LogP contribution in [-0.2, 0) is 11.2 Å². The average molecular weight is 204 g/mol. The van der Waals surface area contributed by atoms with E-state index in [0.29, 0.717) is 24.7 Å². The molecule has 80 valence electrons. The molecule has 0 spiro atoms. The quantitative estimate of drug-likeness (QED) is 0.737. The number of hydrogen-bond donors (Lipinski definition) is 0. The van der Waals surface area contributed by atoms with Crippen LogP contribution in [0.4, 0.5) is 0 Å². The van der Waals surface area contributed by atoms with Gasteiger partial charge in [-0.2, -0.15) is 0 Å². The van der Waals surface area contributed by atoms with Gasteiger partial charge in [0.2, 0.25) is 0 Å². The lowest BCUT2D eigenvalue weighted by Crippen LogP contribution is -2.04. The summed E-state index contributed by atoms with van der Waals surface area (Å²) in [5.41, 5.74) is 1.09. The van der Waals surface area contributed by atoms with Crippen LogP contribution in [0.25, 0.3) is 0 Å². The molecule has 0 unspecified atom stereocenters. The molecular weight excluding hydrogens is 188 g/mol. The number of carbonyl (C=O) groups is 1. The molecular formula is C13H16O2. The van der Waals surface area contributed by atoms with E-state index in [-0.39, 0.29) is 0 Å². The standard InChI is InChI=1S/C13H16O2/c1-2-15-12-7-3-10(4-8-12)9-13(14)11-5-6-11/h3-4,7-8,11H,2,5-6,9H2,1H3. The molecule has 1 aromatic rings. The second kappa shape index (κ2) is 4.47. The first-order chi connectivity index (χ1) is 7.29. The van der Waals surface area contributed by atoms with E-state index in [0.717, 1.165) is 24.2 Å². The van der Waals surface area contributed by atoms with Crippen molar-refractivity contribution in [2.75, 3.05) is 6.61 Å². The molecule has 0 bridgehead atoms. The maximum Gasteiger partial charge on any atom is 0.140 e. The zero-order chi connectivity index (χ0) is 10.7. The molecule has 2 rings (SSSR count). The van der Waals surface area contributed by atoms with Gasteiger partial charge in [0.05, 0.1) is 6.61 Å². The summed E-state index contributed by atoms with van der Waals surface area (Å²) >= 11 is 0. The van der Waals surface area contributed by atoms with Crippen molar-refractivity contribution >= 4 is 5.78 Å². The summed E-state index contributed by atoms with van der Waals surface area (Å²) in [5.74, 6) is 1.62. The fraction of sp³-hybridized carbons (Fsp3) is 0.462. The van der Waals surface area contributed by atoms with Gasteiger partial charge in [0.15, 0.2) is 0 Å². The van der Waals surface area contributed by atoms with Gasteiger partial charge in [-0.25, -0.2) is 0 Å². The number of ketones is 1. The Labute approximate surface area is 90.3 Å². The van der Waals surface area contributed by atoms with Crippen molar-refractivity contribution in [1.82, 2.24) is 0 Å². The monoisotopic (exact) mass is 204 g/mol. The van der Waals surface area contributed by atoms with Crippen LogP contribution in [0.5, 0.6) is 5.75 Å². The number of benzene rings is 1. The Kier molecular flexibility index (Phi) is 3.05. The summed E-state index contributed by atoms with van der Waals surface area (Å²) in [6.45, 7) is 2.64. The van der Waals surface area contributed by atoms with Gasteiger partial charge in [0.1, 0.15) is 11.5 Å². The van der Waals surface area contributed by atoms with E-state index in [1.165, 1.54) is 0 Å². The lowest BCUT2D eigenvalue weighted by Gasteiger charge is -2.04. The molecule has 0 heterocycles. The lowest BCUT2D eigenvalue weighted by molar-refractivity contribution is -0.119. The number of carbonyl (C=O) groups excluding carboxylic acids is 1. The fourth-order valence-corrected chi connectivity index (χ4v) is 1.62. The van der Waals surface area contributed by atoms with E-state index in [4.69, 9.17) is 4.74 Å². The van der Waals surface area contributed by atoms with Crippen LogP contribution in [0.1, 0.15) is 25.3 Å². The Hall–Kier alpha value is -1.31. The van der Waals surface area contributed by atoms with Crippen molar-refractivity contribution < 1.29 is 9.53 Å². The smallest absolute Gasteiger partial charge is 0.140 e. The molecule has 0 amide bonds. The molecule has 0 aromatic heterocycles. The molecule has 1 fully saturated rings. The predicted molar refractivity (Wildman–Crippen MR) is 59.0 cm³/mol. The van der Waals surface area contributed by atoms with Gasteiger partial charge in [-0.15, -0.1) is 0 Å². The van der Waals surface area contributed by atoms with Crippen LogP contribution >= 0.6 is 0 Å². The first kappa shape index (κ1) is 10.2. The molecule has 1 saturated carbocycles. The van der Waals surface area contributed by atoms with Crippen molar-refractivity contribution in [2.45, 2.75) is 26.2 Å². The predicted octanol–water partition coefficient (Wildman–Crippen LogP) is 2.61. The van der Waals surface area contributed by atoms with Crippen molar-refractivity contribution in [3.05, 3.63) is 29.8 Å². The van der Waals surface area contributed by atoms with Crippen LogP contribution in [0.2, 0.25) is 0 Å². The third-order valence-electron chi connectivity index (χ3n) is 2.65. The summed E-state index contributed by atoms with van der Waals surface area (Å²) in [7, 11) is 0. The zero-order valence-corrected chi connectivity index (χ0v) is 9.03. The normalized spacial score (nSPS) is 15.0. The summed E-state index contributed by atoms with van der Waals surface area (Å²) in [6.07, 6.45) is 2.77. The third kappa shape index (κ3) is 2.82. The Morgan fingerprint density at radius 3 is 2.53 bits per heavy atom. The molecule has 1 aliphatic rings. The fourth-order valence-electron chi connectivity index (χ4n) is 1.62. The van der Waals surface area contributed by atoms with Gasteiger partial charge in [0.25, 0.3) is 0 Å². The van der Waals surface area contributed by atoms with Crippen molar-refractivity contribution in [2.24, 2.45) is 5.92 Å². The number of hydrogen-bond acceptors (Lipinski definition) is 2. The summed E-state index contributed by atoms with van der Waals surface area (Å²) in [4.78, 5) is 11.6. The van der Waals surface area contributed by atoms with Gasteiger partial charge in [-0.05, 0) is 37.5 Å². The first-order valence-electron chi connectivity index (χ1n) is 5.54. The Morgan fingerprint density at radius 2 is 2.00 bits per heavy atom. The highest BCUT2D eigenvalue weighted by atomic mass is 16.5. The highest BCUT2D eigenvalue weighted by molar-refractivity contribution is 5.85. The largest absolute Gasteiger partial charge is 0.494 e. The van der Waals surface area contributed by atoms with Crippen LogP contribution in [0.3, 0.4) is 0 Å². The van der Waals surface area contributed by atoms with E-state index in [9.17, 15) is 4.79 Å². The summed E-state index contributed by atoms with van der Waals surface area (Å²) < 4.78 is 5.34. The molecule has 0 saturated heterocycles. The molecule has 0 aliphatic heterocycles. The molecule has 0 radical (unpaired) electrons. The molecule has 1 aliphatic carbocycles. The van der Waals surface area contributed by atoms with Gasteiger partial charge in [0, 0.05) is 12.3 Å². The summed E-state index contributed by atoms with van der Waals surface area (Å²) in [5, 5.41) is 0. The molecule has 2 nitrogen and oxygen atoms in total. The maximum absolute atomic E-state index is 11.6. The van der Waals surface area contributed by atoms with E-state index >= 15 is 0 Å². The maximum atomic E-state index is 11.6. The lowest BCUT2D eigenvalue weighted by atomic mass is 10.1. The molecule has 0 atom stereocenters. The molecule has 1 aromatic carbocycles. The minimum absolute atomic E-state index is 0.358. The van der Waals surface area contributed by atoms with Crippen molar-refractivity contribution in [1.29, 1.82) is 0 Å². The van der Waals surface area contributed by atoms with E-state index in [2.05, 4.69) is 0 Å². The minimum atomic E-state index is 0.358. The Morgan fingerprint density at radius 1 is 1.33 bits per heavy atom. The average Bonchev–Trinajstić information content (AvgIpc) is 3.04. The van der Waals surface area contributed by atoms with E-state index < -0.39 is 0 Å². The van der Waals surface area contributed by atoms with E-state index in [1.54, 1.807) is 0 Å². The van der Waals surface area contributed by atoms with Crippen molar-refractivity contribution in [3.8, 4) is 5.75 Å². The molecule has 2 heteroatoms.